The zero-order valence-corrected chi connectivity index (χ0v) is 15.6. The Bertz CT molecular complexity index is 990. The van der Waals surface area contributed by atoms with Crippen LogP contribution in [-0.2, 0) is 0 Å². The van der Waals surface area contributed by atoms with Gasteiger partial charge in [0.1, 0.15) is 11.6 Å². The van der Waals surface area contributed by atoms with E-state index in [1.807, 2.05) is 18.2 Å². The molecule has 2 aromatic carbocycles. The van der Waals surface area contributed by atoms with Crippen LogP contribution in [0.25, 0.3) is 0 Å². The summed E-state index contributed by atoms with van der Waals surface area (Å²) < 4.78 is 26.7. The van der Waals surface area contributed by atoms with Gasteiger partial charge >= 0.3 is 0 Å². The van der Waals surface area contributed by atoms with Crippen LogP contribution in [0, 0.1) is 11.6 Å². The quantitative estimate of drug-likeness (QED) is 0.734. The summed E-state index contributed by atoms with van der Waals surface area (Å²) in [6.45, 7) is 3.22. The molecule has 1 N–H and O–H groups in total. The van der Waals surface area contributed by atoms with Gasteiger partial charge in [-0.3, -0.25) is 4.79 Å². The number of aromatic nitrogens is 2. The molecule has 3 aromatic rings. The highest BCUT2D eigenvalue weighted by atomic mass is 19.1. The fourth-order valence-electron chi connectivity index (χ4n) is 3.19. The molecule has 1 aliphatic rings. The van der Waals surface area contributed by atoms with E-state index < -0.39 is 17.5 Å². The first kappa shape index (κ1) is 18.8. The summed E-state index contributed by atoms with van der Waals surface area (Å²) in [6.07, 6.45) is 2.81. The van der Waals surface area contributed by atoms with Crippen molar-refractivity contribution in [2.45, 2.75) is 0 Å². The zero-order chi connectivity index (χ0) is 20.2. The lowest BCUT2D eigenvalue weighted by Gasteiger charge is -2.36. The van der Waals surface area contributed by atoms with E-state index in [4.69, 9.17) is 0 Å². The maximum Gasteiger partial charge on any atom is 0.258 e. The Balaban J connectivity index is 1.37. The molecule has 1 saturated heterocycles. The first-order chi connectivity index (χ1) is 14.1. The number of hydrogen-bond donors (Lipinski definition) is 1. The van der Waals surface area contributed by atoms with Crippen LogP contribution >= 0.6 is 0 Å². The molecule has 4 rings (SSSR count). The van der Waals surface area contributed by atoms with Crippen LogP contribution in [0.3, 0.4) is 0 Å². The average molecular weight is 395 g/mol. The molecule has 0 unspecified atom stereocenters. The first-order valence-electron chi connectivity index (χ1n) is 9.23. The van der Waals surface area contributed by atoms with Crippen LogP contribution in [0.2, 0.25) is 0 Å². The van der Waals surface area contributed by atoms with Gasteiger partial charge in [-0.05, 0) is 24.3 Å². The molecule has 0 bridgehead atoms. The summed E-state index contributed by atoms with van der Waals surface area (Å²) in [6, 6.07) is 13.2. The molecule has 8 heteroatoms. The van der Waals surface area contributed by atoms with Crippen LogP contribution in [0.4, 0.5) is 26.1 Å². The molecular weight excluding hydrogens is 376 g/mol. The van der Waals surface area contributed by atoms with Gasteiger partial charge in [-0.15, -0.1) is 0 Å². The van der Waals surface area contributed by atoms with E-state index >= 15 is 0 Å². The van der Waals surface area contributed by atoms with Gasteiger partial charge in [0.2, 0.25) is 5.95 Å². The Morgan fingerprint density at radius 2 is 1.55 bits per heavy atom. The number of amides is 1. The maximum atomic E-state index is 13.7. The Labute approximate surface area is 166 Å². The van der Waals surface area contributed by atoms with Crippen LogP contribution in [0.1, 0.15) is 10.4 Å². The number of nitrogens with zero attached hydrogens (tertiary/aromatic N) is 4. The zero-order valence-electron chi connectivity index (χ0n) is 15.6. The molecule has 29 heavy (non-hydrogen) atoms. The van der Waals surface area contributed by atoms with E-state index in [0.717, 1.165) is 32.2 Å². The second-order valence-electron chi connectivity index (χ2n) is 6.66. The number of piperazine rings is 1. The van der Waals surface area contributed by atoms with Gasteiger partial charge in [-0.2, -0.15) is 0 Å². The van der Waals surface area contributed by atoms with Crippen molar-refractivity contribution in [2.24, 2.45) is 0 Å². The lowest BCUT2D eigenvalue weighted by Crippen LogP contribution is -2.47. The lowest BCUT2D eigenvalue weighted by atomic mass is 10.2. The van der Waals surface area contributed by atoms with Crippen molar-refractivity contribution >= 4 is 23.2 Å². The Kier molecular flexibility index (Phi) is 5.33. The smallest absolute Gasteiger partial charge is 0.258 e. The molecule has 1 aromatic heterocycles. The monoisotopic (exact) mass is 395 g/mol. The fourth-order valence-corrected chi connectivity index (χ4v) is 3.19. The predicted octanol–water partition coefficient (Wildman–Crippen LogP) is 3.33. The van der Waals surface area contributed by atoms with Crippen LogP contribution in [0.15, 0.2) is 60.9 Å². The number of halogens is 2. The predicted molar refractivity (Wildman–Crippen MR) is 107 cm³/mol. The summed E-state index contributed by atoms with van der Waals surface area (Å²) in [4.78, 5) is 25.2. The van der Waals surface area contributed by atoms with E-state index in [1.54, 1.807) is 0 Å². The van der Waals surface area contributed by atoms with E-state index in [-0.39, 0.29) is 11.3 Å². The summed E-state index contributed by atoms with van der Waals surface area (Å²) in [7, 11) is 0. The van der Waals surface area contributed by atoms with Gasteiger partial charge in [-0.25, -0.2) is 18.7 Å². The van der Waals surface area contributed by atoms with Crippen LogP contribution in [-0.4, -0.2) is 42.1 Å². The number of carbonyl (C=O) groups is 1. The Hall–Kier alpha value is -3.55. The minimum Gasteiger partial charge on any atom is -0.368 e. The van der Waals surface area contributed by atoms with E-state index in [0.29, 0.717) is 12.0 Å². The summed E-state index contributed by atoms with van der Waals surface area (Å²) in [5.41, 5.74) is 1.28. The molecule has 1 aliphatic heterocycles. The van der Waals surface area contributed by atoms with Crippen molar-refractivity contribution in [3.05, 3.63) is 78.1 Å². The summed E-state index contributed by atoms with van der Waals surface area (Å²) in [5.74, 6) is -1.56. The molecule has 1 amide bonds. The highest BCUT2D eigenvalue weighted by Gasteiger charge is 2.19. The summed E-state index contributed by atoms with van der Waals surface area (Å²) in [5, 5.41) is 2.40. The van der Waals surface area contributed by atoms with Crippen molar-refractivity contribution in [3.8, 4) is 0 Å². The maximum absolute atomic E-state index is 13.7. The highest BCUT2D eigenvalue weighted by Crippen LogP contribution is 2.19. The standard InChI is InChI=1S/C21H19F2N5O/c22-16-6-7-19(18(23)12-16)26-20(29)15-13-24-21(25-14-15)28-10-8-27(9-11-28)17-4-2-1-3-5-17/h1-7,12-14H,8-11H2,(H,26,29). The average Bonchev–Trinajstić information content (AvgIpc) is 2.76. The van der Waals surface area contributed by atoms with Gasteiger partial charge in [-0.1, -0.05) is 18.2 Å². The van der Waals surface area contributed by atoms with Crippen LogP contribution in [0.5, 0.6) is 0 Å². The van der Waals surface area contributed by atoms with Crippen molar-refractivity contribution in [3.63, 3.8) is 0 Å². The van der Waals surface area contributed by atoms with Crippen molar-refractivity contribution < 1.29 is 13.6 Å². The minimum atomic E-state index is -0.841. The van der Waals surface area contributed by atoms with Crippen molar-refractivity contribution in [2.75, 3.05) is 41.3 Å². The molecule has 0 saturated carbocycles. The number of nitrogens with one attached hydrogen (secondary N) is 1. The van der Waals surface area contributed by atoms with Gasteiger partial charge in [0, 0.05) is 50.3 Å². The first-order valence-corrected chi connectivity index (χ1v) is 9.23. The normalized spacial score (nSPS) is 14.0. The Morgan fingerprint density at radius 1 is 0.897 bits per heavy atom. The molecule has 0 atom stereocenters. The number of anilines is 3. The van der Waals surface area contributed by atoms with Crippen LogP contribution < -0.4 is 15.1 Å². The second-order valence-corrected chi connectivity index (χ2v) is 6.66. The minimum absolute atomic E-state index is 0.0995. The molecule has 2 heterocycles. The third-order valence-electron chi connectivity index (χ3n) is 4.76. The molecular formula is C21H19F2N5O. The number of carbonyl (C=O) groups excluding carboxylic acids is 1. The van der Waals surface area contributed by atoms with E-state index in [1.165, 1.54) is 24.1 Å². The van der Waals surface area contributed by atoms with Crippen molar-refractivity contribution in [1.82, 2.24) is 9.97 Å². The topological polar surface area (TPSA) is 61.4 Å². The third kappa shape index (κ3) is 4.31. The second kappa shape index (κ2) is 8.22. The molecule has 0 aliphatic carbocycles. The largest absolute Gasteiger partial charge is 0.368 e. The number of hydrogen-bond acceptors (Lipinski definition) is 5. The Morgan fingerprint density at radius 3 is 2.21 bits per heavy atom. The van der Waals surface area contributed by atoms with Gasteiger partial charge in [0.15, 0.2) is 0 Å². The number of rotatable bonds is 4. The number of benzene rings is 2. The molecule has 0 spiro atoms. The fraction of sp³-hybridized carbons (Fsp3) is 0.190. The lowest BCUT2D eigenvalue weighted by molar-refractivity contribution is 0.102. The summed E-state index contributed by atoms with van der Waals surface area (Å²) >= 11 is 0. The highest BCUT2D eigenvalue weighted by molar-refractivity contribution is 6.03. The third-order valence-corrected chi connectivity index (χ3v) is 4.76. The van der Waals surface area contributed by atoms with E-state index in [2.05, 4.69) is 37.2 Å². The molecule has 148 valence electrons. The van der Waals surface area contributed by atoms with Gasteiger partial charge in [0.05, 0.1) is 11.3 Å². The molecule has 6 nitrogen and oxygen atoms in total. The SMILES string of the molecule is O=C(Nc1ccc(F)cc1F)c1cnc(N2CCN(c3ccccc3)CC2)nc1. The van der Waals surface area contributed by atoms with E-state index in [9.17, 15) is 13.6 Å². The van der Waals surface area contributed by atoms with Crippen molar-refractivity contribution in [1.29, 1.82) is 0 Å². The number of para-hydroxylation sites is 1. The van der Waals surface area contributed by atoms with Gasteiger partial charge in [0.25, 0.3) is 5.91 Å². The molecule has 1 fully saturated rings. The molecule has 0 radical (unpaired) electrons. The van der Waals surface area contributed by atoms with Gasteiger partial charge < -0.3 is 15.1 Å².